The Morgan fingerprint density at radius 3 is 2.65 bits per heavy atom. The molecule has 0 spiro atoms. The van der Waals surface area contributed by atoms with Gasteiger partial charge >= 0.3 is 19.3 Å². The number of benzene rings is 1. The average Bonchev–Trinajstić information content (AvgIpc) is 2.72. The van der Waals surface area contributed by atoms with Crippen molar-refractivity contribution in [3.8, 4) is 5.75 Å². The fraction of sp³-hybridized carbons (Fsp3) is 0.389. The number of aromatic nitrogens is 2. The molecule has 31 heavy (non-hydrogen) atoms. The zero-order chi connectivity index (χ0) is 21.7. The van der Waals surface area contributed by atoms with E-state index in [2.05, 4.69) is 9.72 Å². The van der Waals surface area contributed by atoms with Crippen LogP contribution in [0.3, 0.4) is 0 Å². The molecule has 0 saturated carbocycles. The van der Waals surface area contributed by atoms with Crippen molar-refractivity contribution in [2.75, 3.05) is 25.8 Å². The molecule has 0 aliphatic carbocycles. The average molecular weight is 475 g/mol. The Bertz CT molecular complexity index is 989. The predicted molar refractivity (Wildman–Crippen MR) is 114 cm³/mol. The van der Waals surface area contributed by atoms with E-state index in [1.165, 1.54) is 23.9 Å². The third kappa shape index (κ3) is 6.78. The van der Waals surface area contributed by atoms with Gasteiger partial charge in [-0.1, -0.05) is 12.1 Å². The number of hydrogen-bond donors (Lipinski definition) is 2. The molecule has 1 aliphatic rings. The summed E-state index contributed by atoms with van der Waals surface area (Å²) in [6.07, 6.45) is 1.06. The van der Waals surface area contributed by atoms with Gasteiger partial charge in [0.15, 0.2) is 6.35 Å². The number of esters is 1. The van der Waals surface area contributed by atoms with E-state index in [1.54, 1.807) is 24.3 Å². The highest BCUT2D eigenvalue weighted by Crippen LogP contribution is 2.50. The first-order chi connectivity index (χ1) is 14.3. The molecule has 2 heterocycles. The van der Waals surface area contributed by atoms with E-state index in [4.69, 9.17) is 25.3 Å². The summed E-state index contributed by atoms with van der Waals surface area (Å²) in [4.78, 5) is 26.8. The van der Waals surface area contributed by atoms with Crippen LogP contribution in [0.5, 0.6) is 5.75 Å². The summed E-state index contributed by atoms with van der Waals surface area (Å²) in [7, 11) is -2.23. The van der Waals surface area contributed by atoms with Gasteiger partial charge in [0, 0.05) is 6.20 Å². The number of nitrogens with zero attached hydrogens (tertiary/aromatic N) is 2. The Kier molecular flexibility index (Phi) is 8.60. The fourth-order valence-corrected chi connectivity index (χ4v) is 4.18. The van der Waals surface area contributed by atoms with Crippen LogP contribution in [0.4, 0.5) is 5.82 Å². The monoisotopic (exact) mass is 474 g/mol. The van der Waals surface area contributed by atoms with Crippen molar-refractivity contribution in [2.24, 2.45) is 5.73 Å². The Labute approximate surface area is 184 Å². The minimum Gasteiger partial charge on any atom is -0.468 e. The van der Waals surface area contributed by atoms with Crippen LogP contribution in [0.15, 0.2) is 41.3 Å². The van der Waals surface area contributed by atoms with Crippen LogP contribution in [-0.4, -0.2) is 47.7 Å². The second kappa shape index (κ2) is 10.7. The highest BCUT2D eigenvalue weighted by atomic mass is 35.5. The maximum Gasteiger partial charge on any atom is 0.404 e. The molecule has 1 aliphatic heterocycles. The number of carbonyl (C=O) groups excluding carboxylic acids is 1. The molecule has 0 amide bonds. The van der Waals surface area contributed by atoms with Crippen LogP contribution >= 0.6 is 20.0 Å². The van der Waals surface area contributed by atoms with Crippen molar-refractivity contribution in [2.45, 2.75) is 25.1 Å². The van der Waals surface area contributed by atoms with Crippen molar-refractivity contribution >= 4 is 31.8 Å². The molecule has 1 saturated heterocycles. The first-order valence-corrected chi connectivity index (χ1v) is 10.8. The Morgan fingerprint density at radius 1 is 1.35 bits per heavy atom. The topological polar surface area (TPSA) is 158 Å². The largest absolute Gasteiger partial charge is 0.468 e. The number of nitrogens with two attached hydrogens (primary N) is 2. The molecular weight excluding hydrogens is 451 g/mol. The lowest BCUT2D eigenvalue weighted by Crippen LogP contribution is -2.35. The molecule has 0 radical (unpaired) electrons. The molecule has 4 N–H and O–H groups in total. The highest BCUT2D eigenvalue weighted by Gasteiger charge is 2.34. The van der Waals surface area contributed by atoms with E-state index in [0.717, 1.165) is 5.56 Å². The number of carbonyl (C=O) groups is 1. The summed E-state index contributed by atoms with van der Waals surface area (Å²) in [5.74, 6) is -0.0397. The summed E-state index contributed by atoms with van der Waals surface area (Å²) in [6, 6.07) is 7.36. The van der Waals surface area contributed by atoms with E-state index < -0.39 is 31.4 Å². The number of nitrogen functional groups attached to an aromatic ring is 1. The van der Waals surface area contributed by atoms with Gasteiger partial charge in [0.2, 0.25) is 0 Å². The normalized spacial score (nSPS) is 21.5. The zero-order valence-corrected chi connectivity index (χ0v) is 18.4. The van der Waals surface area contributed by atoms with Crippen LogP contribution < -0.4 is 21.7 Å². The van der Waals surface area contributed by atoms with Crippen molar-refractivity contribution < 1.29 is 27.9 Å². The first kappa shape index (κ1) is 24.8. The molecule has 1 fully saturated rings. The molecule has 170 valence electrons. The minimum absolute atomic E-state index is 0. The molecule has 1 aromatic heterocycles. The first-order valence-electron chi connectivity index (χ1n) is 9.08. The van der Waals surface area contributed by atoms with Crippen molar-refractivity contribution in [3.05, 3.63) is 52.6 Å². The molecule has 11 nitrogen and oxygen atoms in total. The third-order valence-electron chi connectivity index (χ3n) is 4.35. The van der Waals surface area contributed by atoms with Gasteiger partial charge < -0.3 is 25.5 Å². The van der Waals surface area contributed by atoms with E-state index in [1.807, 2.05) is 0 Å². The van der Waals surface area contributed by atoms with Gasteiger partial charge in [-0.25, -0.2) is 9.36 Å². The van der Waals surface area contributed by atoms with E-state index in [9.17, 15) is 14.2 Å². The predicted octanol–water partition coefficient (Wildman–Crippen LogP) is 0.935. The second-order valence-corrected chi connectivity index (χ2v) is 8.60. The van der Waals surface area contributed by atoms with Gasteiger partial charge in [-0.05, 0) is 30.2 Å². The zero-order valence-electron chi connectivity index (χ0n) is 16.7. The van der Waals surface area contributed by atoms with Gasteiger partial charge in [0.25, 0.3) is 0 Å². The van der Waals surface area contributed by atoms with E-state index in [-0.39, 0.29) is 37.7 Å². The van der Waals surface area contributed by atoms with Crippen molar-refractivity contribution in [3.63, 3.8) is 0 Å². The molecule has 1 aromatic carbocycles. The standard InChI is InChI=1S/C18H23N4O7P.ClH/c1-26-17(23)15(19)8-12-2-4-13(5-3-12)29-30(25)11-27-14(10-28-30)9-22-7-6-16(20)21-18(22)24;/h2-7,14-15H,8-11,19H2,1H3,(H2,20,21,24);1H/t14-,15-,30-;/m0./s1. The number of hydrogen-bond acceptors (Lipinski definition) is 10. The highest BCUT2D eigenvalue weighted by molar-refractivity contribution is 7.54. The Balaban J connectivity index is 0.00000341. The van der Waals surface area contributed by atoms with Crippen LogP contribution in [0.2, 0.25) is 0 Å². The lowest BCUT2D eigenvalue weighted by molar-refractivity contribution is -0.142. The smallest absolute Gasteiger partial charge is 0.404 e. The fourth-order valence-electron chi connectivity index (χ4n) is 2.77. The lowest BCUT2D eigenvalue weighted by atomic mass is 10.1. The second-order valence-electron chi connectivity index (χ2n) is 6.68. The number of rotatable bonds is 7. The SMILES string of the molecule is COC(=O)[C@@H](N)Cc1ccc(O[P@]2(=O)CO[C@@H](Cn3ccc(N)nc3=O)CO2)cc1.Cl. The molecular formula is C18H24ClN4O7P. The van der Waals surface area contributed by atoms with Crippen molar-refractivity contribution in [1.29, 1.82) is 0 Å². The van der Waals surface area contributed by atoms with E-state index in [0.29, 0.717) is 12.2 Å². The maximum absolute atomic E-state index is 12.8. The number of ether oxygens (including phenoxy) is 2. The van der Waals surface area contributed by atoms with Crippen LogP contribution in [0.1, 0.15) is 5.56 Å². The number of anilines is 1. The summed E-state index contributed by atoms with van der Waals surface area (Å²) >= 11 is 0. The molecule has 2 aromatic rings. The van der Waals surface area contributed by atoms with Gasteiger partial charge in [0.05, 0.1) is 20.3 Å². The number of halogens is 1. The summed E-state index contributed by atoms with van der Waals surface area (Å²) in [6.45, 7) is 0.168. The lowest BCUT2D eigenvalue weighted by Gasteiger charge is -2.29. The van der Waals surface area contributed by atoms with E-state index >= 15 is 0 Å². The van der Waals surface area contributed by atoms with Gasteiger partial charge in [-0.2, -0.15) is 4.98 Å². The number of methoxy groups -OCH3 is 1. The van der Waals surface area contributed by atoms with Crippen molar-refractivity contribution in [1.82, 2.24) is 9.55 Å². The van der Waals surface area contributed by atoms with Crippen LogP contribution in [0.25, 0.3) is 0 Å². The summed E-state index contributed by atoms with van der Waals surface area (Å²) in [5.41, 5.74) is 11.5. The van der Waals surface area contributed by atoms with Gasteiger partial charge in [0.1, 0.15) is 23.7 Å². The summed E-state index contributed by atoms with van der Waals surface area (Å²) < 4.78 is 35.2. The maximum atomic E-state index is 12.8. The molecule has 0 bridgehead atoms. The Morgan fingerprint density at radius 2 is 2.06 bits per heavy atom. The molecule has 3 atom stereocenters. The van der Waals surface area contributed by atoms with Crippen LogP contribution in [0, 0.1) is 0 Å². The third-order valence-corrected chi connectivity index (χ3v) is 5.85. The minimum atomic E-state index is -3.50. The summed E-state index contributed by atoms with van der Waals surface area (Å²) in [5, 5.41) is 0. The van der Waals surface area contributed by atoms with Gasteiger partial charge in [-0.3, -0.25) is 13.9 Å². The molecule has 3 rings (SSSR count). The van der Waals surface area contributed by atoms with Gasteiger partial charge in [-0.15, -0.1) is 12.4 Å². The molecule has 13 heteroatoms. The Hall–Kier alpha value is -2.43. The molecule has 0 unspecified atom stereocenters. The quantitative estimate of drug-likeness (QED) is 0.436. The van der Waals surface area contributed by atoms with Crippen LogP contribution in [-0.2, 0) is 36.3 Å².